The van der Waals surface area contributed by atoms with Crippen molar-refractivity contribution < 1.29 is 14.5 Å². The van der Waals surface area contributed by atoms with Gasteiger partial charge in [-0.25, -0.2) is 0 Å². The molecule has 0 radical (unpaired) electrons. The summed E-state index contributed by atoms with van der Waals surface area (Å²) < 4.78 is 5.23. The quantitative estimate of drug-likeness (QED) is 0.276. The van der Waals surface area contributed by atoms with Gasteiger partial charge < -0.3 is 9.64 Å². The van der Waals surface area contributed by atoms with Crippen LogP contribution in [0, 0.1) is 10.1 Å². The van der Waals surface area contributed by atoms with Crippen molar-refractivity contribution in [1.29, 1.82) is 0 Å². The Labute approximate surface area is 206 Å². The average Bonchev–Trinajstić information content (AvgIpc) is 3.42. The highest BCUT2D eigenvalue weighted by molar-refractivity contribution is 6.30. The molecule has 35 heavy (non-hydrogen) atoms. The molecule has 176 valence electrons. The number of non-ortho nitro benzene ring substituents is 1. The van der Waals surface area contributed by atoms with Crippen LogP contribution >= 0.6 is 11.6 Å². The van der Waals surface area contributed by atoms with E-state index in [0.29, 0.717) is 29.4 Å². The van der Waals surface area contributed by atoms with E-state index in [-0.39, 0.29) is 11.6 Å². The fraction of sp³-hybridized carbons (Fsp3) is 0.154. The first-order chi connectivity index (χ1) is 17.0. The van der Waals surface area contributed by atoms with Crippen molar-refractivity contribution >= 4 is 23.2 Å². The molecule has 0 bridgehead atoms. The highest BCUT2D eigenvalue weighted by Gasteiger charge is 2.42. The van der Waals surface area contributed by atoms with E-state index in [1.807, 2.05) is 36.4 Å². The van der Waals surface area contributed by atoms with Gasteiger partial charge in [0.05, 0.1) is 23.8 Å². The summed E-state index contributed by atoms with van der Waals surface area (Å²) in [7, 11) is 1.62. The van der Waals surface area contributed by atoms with Crippen LogP contribution in [0.5, 0.6) is 5.75 Å². The van der Waals surface area contributed by atoms with Gasteiger partial charge in [0.15, 0.2) is 0 Å². The predicted octanol–water partition coefficient (Wildman–Crippen LogP) is 5.43. The van der Waals surface area contributed by atoms with Gasteiger partial charge in [-0.1, -0.05) is 35.9 Å². The molecule has 1 aromatic heterocycles. The molecule has 2 heterocycles. The minimum absolute atomic E-state index is 0.00630. The molecule has 0 aliphatic carbocycles. The molecule has 9 heteroatoms. The average molecular weight is 489 g/mol. The molecule has 3 aromatic carbocycles. The van der Waals surface area contributed by atoms with E-state index < -0.39 is 11.0 Å². The lowest BCUT2D eigenvalue weighted by Gasteiger charge is -2.26. The maximum Gasteiger partial charge on any atom is 0.273 e. The number of nitro benzene ring substituents is 1. The number of ether oxygens (including phenoxy) is 1. The van der Waals surface area contributed by atoms with E-state index in [4.69, 9.17) is 16.3 Å². The van der Waals surface area contributed by atoms with Crippen molar-refractivity contribution in [3.8, 4) is 17.0 Å². The van der Waals surface area contributed by atoms with Crippen LogP contribution in [0.2, 0.25) is 5.02 Å². The largest absolute Gasteiger partial charge is 0.497 e. The Morgan fingerprint density at radius 3 is 2.37 bits per heavy atom. The Bertz CT molecular complexity index is 1380. The highest BCUT2D eigenvalue weighted by atomic mass is 35.5. The van der Waals surface area contributed by atoms with E-state index in [0.717, 1.165) is 28.0 Å². The molecule has 1 aliphatic heterocycles. The molecule has 0 saturated carbocycles. The number of aromatic amines is 1. The summed E-state index contributed by atoms with van der Waals surface area (Å²) >= 11 is 6.07. The van der Waals surface area contributed by atoms with Gasteiger partial charge in [-0.3, -0.25) is 20.0 Å². The van der Waals surface area contributed by atoms with Crippen LogP contribution in [0.1, 0.15) is 33.2 Å². The molecule has 8 nitrogen and oxygen atoms in total. The van der Waals surface area contributed by atoms with Gasteiger partial charge in [-0.15, -0.1) is 0 Å². The SMILES string of the molecule is COc1ccc(CCN2C(=O)c3[nH]nc(-c4ccc(Cl)cc4)c3C2c2ccc([N+](=O)[O-])cc2)cc1. The predicted molar refractivity (Wildman–Crippen MR) is 132 cm³/mol. The molecule has 1 aliphatic rings. The number of rotatable bonds is 7. The summed E-state index contributed by atoms with van der Waals surface area (Å²) in [5.41, 5.74) is 4.48. The van der Waals surface area contributed by atoms with E-state index in [1.54, 1.807) is 36.3 Å². The zero-order chi connectivity index (χ0) is 24.5. The number of nitrogens with one attached hydrogen (secondary N) is 1. The Morgan fingerprint density at radius 1 is 1.06 bits per heavy atom. The Morgan fingerprint density at radius 2 is 1.74 bits per heavy atom. The smallest absolute Gasteiger partial charge is 0.273 e. The third-order valence-electron chi connectivity index (χ3n) is 6.20. The van der Waals surface area contributed by atoms with E-state index in [1.165, 1.54) is 12.1 Å². The maximum absolute atomic E-state index is 13.5. The summed E-state index contributed by atoms with van der Waals surface area (Å²) in [6.45, 7) is 0.454. The number of amides is 1. The summed E-state index contributed by atoms with van der Waals surface area (Å²) in [6, 6.07) is 20.9. The molecule has 0 spiro atoms. The maximum atomic E-state index is 13.5. The number of carbonyl (C=O) groups excluding carboxylic acids is 1. The number of nitrogens with zero attached hydrogens (tertiary/aromatic N) is 3. The van der Waals surface area contributed by atoms with Crippen LogP contribution in [-0.2, 0) is 6.42 Å². The van der Waals surface area contributed by atoms with Crippen molar-refractivity contribution in [3.05, 3.63) is 110 Å². The second-order valence-corrected chi connectivity index (χ2v) is 8.65. The van der Waals surface area contributed by atoms with Crippen LogP contribution in [0.3, 0.4) is 0 Å². The van der Waals surface area contributed by atoms with E-state index in [9.17, 15) is 14.9 Å². The van der Waals surface area contributed by atoms with Crippen LogP contribution in [0.4, 0.5) is 5.69 Å². The number of methoxy groups -OCH3 is 1. The minimum atomic E-state index is -0.444. The van der Waals surface area contributed by atoms with Gasteiger partial charge >= 0.3 is 0 Å². The Hall–Kier alpha value is -4.17. The topological polar surface area (TPSA) is 101 Å². The Balaban J connectivity index is 1.54. The summed E-state index contributed by atoms with van der Waals surface area (Å²) in [5.74, 6) is 0.605. The molecular formula is C26H21ClN4O4. The van der Waals surface area contributed by atoms with E-state index in [2.05, 4.69) is 10.2 Å². The van der Waals surface area contributed by atoms with Crippen LogP contribution < -0.4 is 4.74 Å². The van der Waals surface area contributed by atoms with Crippen molar-refractivity contribution in [2.75, 3.05) is 13.7 Å². The summed E-state index contributed by atoms with van der Waals surface area (Å²) in [4.78, 5) is 26.0. The number of nitro groups is 1. The van der Waals surface area contributed by atoms with Crippen LogP contribution in [0.15, 0.2) is 72.8 Å². The van der Waals surface area contributed by atoms with Crippen molar-refractivity contribution in [2.24, 2.45) is 0 Å². The molecule has 5 rings (SSSR count). The zero-order valence-electron chi connectivity index (χ0n) is 18.8. The van der Waals surface area contributed by atoms with Crippen molar-refractivity contribution in [3.63, 3.8) is 0 Å². The van der Waals surface area contributed by atoms with Crippen molar-refractivity contribution in [1.82, 2.24) is 15.1 Å². The number of fused-ring (bicyclic) bond motifs is 1. The molecule has 1 N–H and O–H groups in total. The van der Waals surface area contributed by atoms with Gasteiger partial charge in [0, 0.05) is 34.8 Å². The van der Waals surface area contributed by atoms with Gasteiger partial charge in [0.1, 0.15) is 11.4 Å². The second kappa shape index (κ2) is 9.23. The first kappa shape index (κ1) is 22.6. The molecule has 4 aromatic rings. The molecule has 0 fully saturated rings. The van der Waals surface area contributed by atoms with Gasteiger partial charge in [-0.2, -0.15) is 5.10 Å². The fourth-order valence-corrected chi connectivity index (χ4v) is 4.55. The first-order valence-electron chi connectivity index (χ1n) is 11.0. The molecule has 1 atom stereocenters. The number of aromatic nitrogens is 2. The number of benzene rings is 3. The molecule has 0 saturated heterocycles. The molecular weight excluding hydrogens is 468 g/mol. The Kier molecular flexibility index (Phi) is 5.96. The standard InChI is InChI=1S/C26H21ClN4O4/c1-35-21-12-2-16(3-13-21)14-15-30-25(18-6-10-20(11-7-18)31(33)34)22-23(28-29-24(22)26(30)32)17-4-8-19(27)9-5-17/h2-13,25H,14-15H2,1H3,(H,28,29). The van der Waals surface area contributed by atoms with E-state index >= 15 is 0 Å². The zero-order valence-corrected chi connectivity index (χ0v) is 19.5. The van der Waals surface area contributed by atoms with Gasteiger partial charge in [-0.05, 0) is 53.9 Å². The molecule has 1 amide bonds. The van der Waals surface area contributed by atoms with Crippen LogP contribution in [-0.4, -0.2) is 39.6 Å². The number of halogens is 1. The highest BCUT2D eigenvalue weighted by Crippen LogP contribution is 2.43. The number of H-pyrrole nitrogens is 1. The second-order valence-electron chi connectivity index (χ2n) is 8.22. The molecule has 1 unspecified atom stereocenters. The number of hydrogen-bond donors (Lipinski definition) is 1. The van der Waals surface area contributed by atoms with Crippen molar-refractivity contribution in [2.45, 2.75) is 12.5 Å². The third kappa shape index (κ3) is 4.24. The summed E-state index contributed by atoms with van der Waals surface area (Å²) in [6.07, 6.45) is 0.632. The fourth-order valence-electron chi connectivity index (χ4n) is 4.42. The number of hydrogen-bond acceptors (Lipinski definition) is 5. The number of carbonyl (C=O) groups is 1. The van der Waals surface area contributed by atoms with Gasteiger partial charge in [0.2, 0.25) is 0 Å². The lowest BCUT2D eigenvalue weighted by molar-refractivity contribution is -0.384. The minimum Gasteiger partial charge on any atom is -0.497 e. The van der Waals surface area contributed by atoms with Gasteiger partial charge in [0.25, 0.3) is 11.6 Å². The monoisotopic (exact) mass is 488 g/mol. The normalized spacial score (nSPS) is 14.7. The lowest BCUT2D eigenvalue weighted by atomic mass is 9.95. The first-order valence-corrected chi connectivity index (χ1v) is 11.4. The van der Waals surface area contributed by atoms with Crippen LogP contribution in [0.25, 0.3) is 11.3 Å². The summed E-state index contributed by atoms with van der Waals surface area (Å²) in [5, 5.41) is 19.2. The lowest BCUT2D eigenvalue weighted by Crippen LogP contribution is -2.31. The third-order valence-corrected chi connectivity index (χ3v) is 6.45.